The third kappa shape index (κ3) is 3.13. The monoisotopic (exact) mass is 329 g/mol. The maximum Gasteiger partial charge on any atom is 0.294 e. The van der Waals surface area contributed by atoms with E-state index in [2.05, 4.69) is 10.3 Å². The molecule has 24 heavy (non-hydrogen) atoms. The molecule has 2 heterocycles. The maximum absolute atomic E-state index is 12.7. The largest absolute Gasteiger partial charge is 0.339 e. The summed E-state index contributed by atoms with van der Waals surface area (Å²) >= 11 is 0. The molecule has 1 aromatic heterocycles. The van der Waals surface area contributed by atoms with Crippen LogP contribution in [-0.2, 0) is 0 Å². The molecule has 1 aliphatic heterocycles. The number of nitro benzene ring substituents is 1. The lowest BCUT2D eigenvalue weighted by molar-refractivity contribution is -0.384. The molecule has 1 fully saturated rings. The maximum atomic E-state index is 12.7. The summed E-state index contributed by atoms with van der Waals surface area (Å²) in [6.07, 6.45) is 6.44. The quantitative estimate of drug-likeness (QED) is 0.679. The van der Waals surface area contributed by atoms with E-state index in [1.807, 2.05) is 0 Å². The van der Waals surface area contributed by atoms with Gasteiger partial charge in [-0.15, -0.1) is 0 Å². The van der Waals surface area contributed by atoms with E-state index >= 15 is 0 Å². The fourth-order valence-corrected chi connectivity index (χ4v) is 2.99. The number of nitro groups is 1. The molecule has 8 heteroatoms. The van der Waals surface area contributed by atoms with Crippen LogP contribution in [0.15, 0.2) is 36.9 Å². The van der Waals surface area contributed by atoms with Crippen molar-refractivity contribution in [3.05, 3.63) is 52.6 Å². The van der Waals surface area contributed by atoms with Gasteiger partial charge in [-0.1, -0.05) is 0 Å². The molecule has 3 rings (SSSR count). The number of benzene rings is 1. The predicted molar refractivity (Wildman–Crippen MR) is 88.2 cm³/mol. The number of hydrogen-bond donors (Lipinski definition) is 1. The van der Waals surface area contributed by atoms with E-state index in [1.165, 1.54) is 12.4 Å². The first-order valence-corrected chi connectivity index (χ1v) is 7.82. The number of nitrogens with zero attached hydrogens (tertiary/aromatic N) is 4. The first kappa shape index (κ1) is 16.1. The van der Waals surface area contributed by atoms with Gasteiger partial charge in [-0.2, -0.15) is 0 Å². The number of imidazole rings is 1. The molecule has 1 aliphatic rings. The Balaban J connectivity index is 1.89. The van der Waals surface area contributed by atoms with Gasteiger partial charge >= 0.3 is 0 Å². The molecule has 1 amide bonds. The highest BCUT2D eigenvalue weighted by molar-refractivity contribution is 5.95. The number of amides is 1. The lowest BCUT2D eigenvalue weighted by Gasteiger charge is -2.31. The van der Waals surface area contributed by atoms with E-state index in [1.54, 1.807) is 41.0 Å². The molecular formula is C16H19N5O3. The van der Waals surface area contributed by atoms with Gasteiger partial charge in [0.1, 0.15) is 5.69 Å². The van der Waals surface area contributed by atoms with Crippen molar-refractivity contribution >= 4 is 11.6 Å². The summed E-state index contributed by atoms with van der Waals surface area (Å²) in [5.74, 6) is -0.192. The fraction of sp³-hybridized carbons (Fsp3) is 0.375. The summed E-state index contributed by atoms with van der Waals surface area (Å²) in [5.41, 5.74) is 0.600. The molecule has 0 aliphatic carbocycles. The van der Waals surface area contributed by atoms with Crippen LogP contribution in [0, 0.1) is 10.1 Å². The number of piperidine rings is 1. The smallest absolute Gasteiger partial charge is 0.294 e. The highest BCUT2D eigenvalue weighted by atomic mass is 16.6. The van der Waals surface area contributed by atoms with Gasteiger partial charge < -0.3 is 14.8 Å². The molecule has 1 saturated heterocycles. The van der Waals surface area contributed by atoms with Gasteiger partial charge in [0.25, 0.3) is 11.6 Å². The van der Waals surface area contributed by atoms with Gasteiger partial charge in [-0.05, 0) is 38.1 Å². The molecule has 1 aromatic carbocycles. The van der Waals surface area contributed by atoms with E-state index in [9.17, 15) is 14.9 Å². The second-order valence-corrected chi connectivity index (χ2v) is 5.83. The van der Waals surface area contributed by atoms with Crippen molar-refractivity contribution in [1.29, 1.82) is 0 Å². The van der Waals surface area contributed by atoms with E-state index in [0.717, 1.165) is 25.9 Å². The number of carbonyl (C=O) groups excluding carboxylic acids is 1. The van der Waals surface area contributed by atoms with Gasteiger partial charge in [-0.25, -0.2) is 4.98 Å². The first-order chi connectivity index (χ1) is 11.6. The van der Waals surface area contributed by atoms with Crippen molar-refractivity contribution in [3.8, 4) is 5.69 Å². The Hall–Kier alpha value is -2.74. The van der Waals surface area contributed by atoms with E-state index < -0.39 is 4.92 Å². The molecule has 126 valence electrons. The molecule has 0 spiro atoms. The average molecular weight is 329 g/mol. The lowest BCUT2D eigenvalue weighted by Crippen LogP contribution is -2.43. The van der Waals surface area contributed by atoms with E-state index in [4.69, 9.17) is 0 Å². The minimum Gasteiger partial charge on any atom is -0.339 e. The van der Waals surface area contributed by atoms with Crippen LogP contribution in [0.4, 0.5) is 5.69 Å². The van der Waals surface area contributed by atoms with Gasteiger partial charge in [0, 0.05) is 37.1 Å². The van der Waals surface area contributed by atoms with Crippen molar-refractivity contribution in [2.45, 2.75) is 18.9 Å². The Kier molecular flexibility index (Phi) is 4.57. The summed E-state index contributed by atoms with van der Waals surface area (Å²) in [7, 11) is 1.76. The van der Waals surface area contributed by atoms with Crippen LogP contribution in [0.3, 0.4) is 0 Å². The van der Waals surface area contributed by atoms with E-state index in [0.29, 0.717) is 11.3 Å². The Morgan fingerprint density at radius 1 is 1.42 bits per heavy atom. The van der Waals surface area contributed by atoms with Crippen LogP contribution >= 0.6 is 0 Å². The number of hydrogen-bond acceptors (Lipinski definition) is 5. The van der Waals surface area contributed by atoms with Crippen molar-refractivity contribution < 1.29 is 9.72 Å². The van der Waals surface area contributed by atoms with Crippen molar-refractivity contribution in [2.75, 3.05) is 20.1 Å². The Labute approximate surface area is 139 Å². The molecule has 8 nitrogen and oxygen atoms in total. The predicted octanol–water partition coefficient (Wildman–Crippen LogP) is 1.60. The SMILES string of the molecule is CN(C(=O)c1ccc(-n2ccnc2)c([N+](=O)[O-])c1)C1CCNCC1. The highest BCUT2D eigenvalue weighted by Crippen LogP contribution is 2.25. The Bertz CT molecular complexity index is 738. The summed E-state index contributed by atoms with van der Waals surface area (Å²) in [4.78, 5) is 29.2. The van der Waals surface area contributed by atoms with Crippen molar-refractivity contribution in [3.63, 3.8) is 0 Å². The molecule has 0 unspecified atom stereocenters. The minimum absolute atomic E-state index is 0.113. The molecule has 1 N–H and O–H groups in total. The fourth-order valence-electron chi connectivity index (χ4n) is 2.99. The second-order valence-electron chi connectivity index (χ2n) is 5.83. The van der Waals surface area contributed by atoms with Gasteiger partial charge in [0.05, 0.1) is 11.3 Å². The van der Waals surface area contributed by atoms with Crippen molar-refractivity contribution in [1.82, 2.24) is 19.8 Å². The average Bonchev–Trinajstić information content (AvgIpc) is 3.15. The van der Waals surface area contributed by atoms with Gasteiger partial charge in [0.2, 0.25) is 0 Å². The number of carbonyl (C=O) groups is 1. The highest BCUT2D eigenvalue weighted by Gasteiger charge is 2.25. The zero-order valence-corrected chi connectivity index (χ0v) is 13.4. The summed E-state index contributed by atoms with van der Waals surface area (Å²) < 4.78 is 1.56. The molecule has 0 radical (unpaired) electrons. The molecule has 0 saturated carbocycles. The Morgan fingerprint density at radius 2 is 2.17 bits per heavy atom. The third-order valence-corrected chi connectivity index (χ3v) is 4.38. The number of aromatic nitrogens is 2. The topological polar surface area (TPSA) is 93.3 Å². The van der Waals surface area contributed by atoms with Crippen molar-refractivity contribution in [2.24, 2.45) is 0 Å². The molecule has 0 bridgehead atoms. The van der Waals surface area contributed by atoms with Crippen LogP contribution in [0.5, 0.6) is 0 Å². The van der Waals surface area contributed by atoms with Gasteiger partial charge in [-0.3, -0.25) is 14.9 Å². The van der Waals surface area contributed by atoms with Crippen LogP contribution < -0.4 is 5.32 Å². The number of nitrogens with one attached hydrogen (secondary N) is 1. The third-order valence-electron chi connectivity index (χ3n) is 4.38. The van der Waals surface area contributed by atoms with Crippen LogP contribution in [-0.4, -0.2) is 51.5 Å². The zero-order valence-electron chi connectivity index (χ0n) is 13.4. The summed E-state index contributed by atoms with van der Waals surface area (Å²) in [5, 5.41) is 14.7. The first-order valence-electron chi connectivity index (χ1n) is 7.82. The second kappa shape index (κ2) is 6.79. The summed E-state index contributed by atoms with van der Waals surface area (Å²) in [6.45, 7) is 1.75. The van der Waals surface area contributed by atoms with Crippen LogP contribution in [0.2, 0.25) is 0 Å². The van der Waals surface area contributed by atoms with Gasteiger partial charge in [0.15, 0.2) is 0 Å². The summed E-state index contributed by atoms with van der Waals surface area (Å²) in [6, 6.07) is 4.71. The van der Waals surface area contributed by atoms with Crippen LogP contribution in [0.1, 0.15) is 23.2 Å². The van der Waals surface area contributed by atoms with E-state index in [-0.39, 0.29) is 17.6 Å². The van der Waals surface area contributed by atoms with Crippen LogP contribution in [0.25, 0.3) is 5.69 Å². The number of rotatable bonds is 4. The Morgan fingerprint density at radius 3 is 2.79 bits per heavy atom. The minimum atomic E-state index is -0.476. The molecule has 2 aromatic rings. The molecular weight excluding hydrogens is 310 g/mol. The lowest BCUT2D eigenvalue weighted by atomic mass is 10.0. The standard InChI is InChI=1S/C16H19N5O3/c1-19(13-4-6-17-7-5-13)16(22)12-2-3-14(15(10-12)21(23)24)20-9-8-18-11-20/h2-3,8-11,13,17H,4-7H2,1H3. The normalized spacial score (nSPS) is 15.2. The zero-order chi connectivity index (χ0) is 17.1. The molecule has 0 atom stereocenters.